The first-order chi connectivity index (χ1) is 13.7. The Morgan fingerprint density at radius 1 is 0.607 bits per heavy atom. The van der Waals surface area contributed by atoms with Crippen LogP contribution in [0, 0.1) is 0 Å². The van der Waals surface area contributed by atoms with Crippen LogP contribution in [-0.2, 0) is 0 Å². The standard InChI is InChI=1S/C24H17Cl2NO/c25-19-6-12-22(13-7-19)27(23-14-8-20(26)9-15-23)21-10-3-18(4-11-21)5-16-24-2-1-17-28-24/h1-17H. The molecule has 0 atom stereocenters. The van der Waals surface area contributed by atoms with Crippen LogP contribution >= 0.6 is 23.2 Å². The Hall–Kier alpha value is -2.94. The molecular weight excluding hydrogens is 389 g/mol. The Bertz CT molecular complexity index is 1010. The summed E-state index contributed by atoms with van der Waals surface area (Å²) in [6.45, 7) is 0. The van der Waals surface area contributed by atoms with E-state index in [1.54, 1.807) is 6.26 Å². The molecule has 1 heterocycles. The van der Waals surface area contributed by atoms with E-state index in [-0.39, 0.29) is 0 Å². The maximum Gasteiger partial charge on any atom is 0.126 e. The third kappa shape index (κ3) is 4.30. The van der Waals surface area contributed by atoms with E-state index in [4.69, 9.17) is 27.6 Å². The molecule has 4 aromatic rings. The van der Waals surface area contributed by atoms with Crippen LogP contribution in [0.5, 0.6) is 0 Å². The number of anilines is 3. The normalized spacial score (nSPS) is 11.1. The zero-order chi connectivity index (χ0) is 19.3. The van der Waals surface area contributed by atoms with Gasteiger partial charge in [0.25, 0.3) is 0 Å². The van der Waals surface area contributed by atoms with Gasteiger partial charge in [0.05, 0.1) is 6.26 Å². The fraction of sp³-hybridized carbons (Fsp3) is 0. The van der Waals surface area contributed by atoms with Crippen LogP contribution in [0.4, 0.5) is 17.1 Å². The minimum atomic E-state index is 0.707. The molecule has 4 heteroatoms. The Morgan fingerprint density at radius 2 is 1.11 bits per heavy atom. The molecule has 1 aromatic heterocycles. The van der Waals surface area contributed by atoms with Crippen LogP contribution < -0.4 is 4.90 Å². The van der Waals surface area contributed by atoms with Crippen molar-refractivity contribution in [3.63, 3.8) is 0 Å². The van der Waals surface area contributed by atoms with Gasteiger partial charge in [-0.3, -0.25) is 0 Å². The van der Waals surface area contributed by atoms with Gasteiger partial charge in [0.1, 0.15) is 5.76 Å². The highest BCUT2D eigenvalue weighted by Gasteiger charge is 2.12. The van der Waals surface area contributed by atoms with Gasteiger partial charge in [0.2, 0.25) is 0 Å². The van der Waals surface area contributed by atoms with E-state index >= 15 is 0 Å². The topological polar surface area (TPSA) is 16.4 Å². The van der Waals surface area contributed by atoms with E-state index in [0.717, 1.165) is 28.4 Å². The lowest BCUT2D eigenvalue weighted by Gasteiger charge is -2.25. The smallest absolute Gasteiger partial charge is 0.126 e. The van der Waals surface area contributed by atoms with Crippen molar-refractivity contribution in [3.8, 4) is 0 Å². The number of furan rings is 1. The predicted octanol–water partition coefficient (Wildman–Crippen LogP) is 8.23. The summed E-state index contributed by atoms with van der Waals surface area (Å²) < 4.78 is 5.34. The highest BCUT2D eigenvalue weighted by Crippen LogP contribution is 2.35. The van der Waals surface area contributed by atoms with Crippen molar-refractivity contribution in [2.45, 2.75) is 0 Å². The second kappa shape index (κ2) is 8.39. The van der Waals surface area contributed by atoms with Crippen molar-refractivity contribution < 1.29 is 4.42 Å². The summed E-state index contributed by atoms with van der Waals surface area (Å²) in [4.78, 5) is 2.16. The van der Waals surface area contributed by atoms with Crippen molar-refractivity contribution in [1.29, 1.82) is 0 Å². The number of rotatable bonds is 5. The molecule has 0 spiro atoms. The third-order valence-electron chi connectivity index (χ3n) is 4.30. The molecule has 0 aliphatic heterocycles. The molecule has 0 bridgehead atoms. The van der Waals surface area contributed by atoms with Crippen LogP contribution in [0.25, 0.3) is 12.2 Å². The van der Waals surface area contributed by atoms with Gasteiger partial charge in [0.15, 0.2) is 0 Å². The lowest BCUT2D eigenvalue weighted by molar-refractivity contribution is 0.557. The van der Waals surface area contributed by atoms with Crippen molar-refractivity contribution in [2.24, 2.45) is 0 Å². The van der Waals surface area contributed by atoms with E-state index in [2.05, 4.69) is 29.2 Å². The number of nitrogens with zero attached hydrogens (tertiary/aromatic N) is 1. The summed E-state index contributed by atoms with van der Waals surface area (Å²) >= 11 is 12.2. The average Bonchev–Trinajstić information content (AvgIpc) is 3.24. The first-order valence-electron chi connectivity index (χ1n) is 8.82. The summed E-state index contributed by atoms with van der Waals surface area (Å²) in [5.41, 5.74) is 4.17. The quantitative estimate of drug-likeness (QED) is 0.332. The highest BCUT2D eigenvalue weighted by atomic mass is 35.5. The molecule has 4 rings (SSSR count). The van der Waals surface area contributed by atoms with Crippen molar-refractivity contribution in [1.82, 2.24) is 0 Å². The maximum absolute atomic E-state index is 6.08. The van der Waals surface area contributed by atoms with Gasteiger partial charge in [-0.05, 0) is 84.4 Å². The lowest BCUT2D eigenvalue weighted by atomic mass is 10.1. The molecule has 0 amide bonds. The van der Waals surface area contributed by atoms with Crippen LogP contribution in [-0.4, -0.2) is 0 Å². The van der Waals surface area contributed by atoms with Gasteiger partial charge < -0.3 is 9.32 Å². The number of halogens is 2. The van der Waals surface area contributed by atoms with Crippen LogP contribution in [0.15, 0.2) is 95.6 Å². The first-order valence-corrected chi connectivity index (χ1v) is 9.57. The Morgan fingerprint density at radius 3 is 1.57 bits per heavy atom. The number of hydrogen-bond donors (Lipinski definition) is 0. The van der Waals surface area contributed by atoms with Crippen LogP contribution in [0.2, 0.25) is 10.0 Å². The van der Waals surface area contributed by atoms with Gasteiger partial charge in [-0.1, -0.05) is 41.4 Å². The molecule has 3 aromatic carbocycles. The summed E-state index contributed by atoms with van der Waals surface area (Å²) in [5.74, 6) is 0.827. The van der Waals surface area contributed by atoms with Gasteiger partial charge in [-0.15, -0.1) is 0 Å². The number of benzene rings is 3. The molecule has 0 unspecified atom stereocenters. The summed E-state index contributed by atoms with van der Waals surface area (Å²) in [5, 5.41) is 1.41. The average molecular weight is 406 g/mol. The largest absolute Gasteiger partial charge is 0.465 e. The van der Waals surface area contributed by atoms with Gasteiger partial charge >= 0.3 is 0 Å². The zero-order valence-electron chi connectivity index (χ0n) is 14.9. The van der Waals surface area contributed by atoms with Crippen molar-refractivity contribution in [3.05, 3.63) is 113 Å². The van der Waals surface area contributed by atoms with Gasteiger partial charge in [-0.25, -0.2) is 0 Å². The van der Waals surface area contributed by atoms with Gasteiger partial charge in [-0.2, -0.15) is 0 Å². The zero-order valence-corrected chi connectivity index (χ0v) is 16.4. The fourth-order valence-corrected chi connectivity index (χ4v) is 3.18. The Labute approximate surface area is 174 Å². The number of hydrogen-bond acceptors (Lipinski definition) is 2. The molecule has 138 valence electrons. The fourth-order valence-electron chi connectivity index (χ4n) is 2.93. The highest BCUT2D eigenvalue weighted by molar-refractivity contribution is 6.31. The van der Waals surface area contributed by atoms with Crippen LogP contribution in [0.3, 0.4) is 0 Å². The lowest BCUT2D eigenvalue weighted by Crippen LogP contribution is -2.09. The van der Waals surface area contributed by atoms with E-state index in [1.807, 2.05) is 72.8 Å². The van der Waals surface area contributed by atoms with E-state index < -0.39 is 0 Å². The molecule has 28 heavy (non-hydrogen) atoms. The Balaban J connectivity index is 1.68. The summed E-state index contributed by atoms with van der Waals surface area (Å²) in [6, 6.07) is 27.7. The van der Waals surface area contributed by atoms with Gasteiger partial charge in [0, 0.05) is 27.1 Å². The summed E-state index contributed by atoms with van der Waals surface area (Å²) in [7, 11) is 0. The molecule has 0 N–H and O–H groups in total. The van der Waals surface area contributed by atoms with Crippen molar-refractivity contribution in [2.75, 3.05) is 4.90 Å². The maximum atomic E-state index is 6.08. The molecule has 0 saturated carbocycles. The SMILES string of the molecule is Clc1ccc(N(c2ccc(Cl)cc2)c2ccc(C=Cc3ccco3)cc2)cc1. The molecule has 0 aliphatic rings. The van der Waals surface area contributed by atoms with E-state index in [0.29, 0.717) is 10.0 Å². The van der Waals surface area contributed by atoms with Crippen LogP contribution in [0.1, 0.15) is 11.3 Å². The molecule has 0 fully saturated rings. The Kier molecular flexibility index (Phi) is 5.52. The molecular formula is C24H17Cl2NO. The third-order valence-corrected chi connectivity index (χ3v) is 4.81. The van der Waals surface area contributed by atoms with Crippen molar-refractivity contribution >= 4 is 52.4 Å². The molecule has 0 saturated heterocycles. The monoisotopic (exact) mass is 405 g/mol. The molecule has 0 aliphatic carbocycles. The van der Waals surface area contributed by atoms with E-state index in [1.165, 1.54) is 0 Å². The molecule has 0 radical (unpaired) electrons. The second-order valence-corrected chi connectivity index (χ2v) is 7.10. The predicted molar refractivity (Wildman–Crippen MR) is 119 cm³/mol. The summed E-state index contributed by atoms with van der Waals surface area (Å²) in [6.07, 6.45) is 5.64. The molecule has 2 nitrogen and oxygen atoms in total. The first kappa shape index (κ1) is 18.4. The minimum Gasteiger partial charge on any atom is -0.465 e. The minimum absolute atomic E-state index is 0.707. The van der Waals surface area contributed by atoms with E-state index in [9.17, 15) is 0 Å². The second-order valence-electron chi connectivity index (χ2n) is 6.23.